The van der Waals surface area contributed by atoms with Crippen molar-refractivity contribution in [2.45, 2.75) is 31.6 Å². The summed E-state index contributed by atoms with van der Waals surface area (Å²) in [4.78, 5) is 0. The minimum absolute atomic E-state index is 0.471. The van der Waals surface area contributed by atoms with E-state index in [1.807, 2.05) is 24.3 Å². The van der Waals surface area contributed by atoms with Gasteiger partial charge in [-0.3, -0.25) is 0 Å². The third kappa shape index (κ3) is 2.64. The Morgan fingerprint density at radius 1 is 0.700 bits per heavy atom. The maximum Gasteiger partial charge on any atom is 0.0314 e. The molecule has 1 fully saturated rings. The highest BCUT2D eigenvalue weighted by Gasteiger charge is 2.27. The molecule has 20 heavy (non-hydrogen) atoms. The van der Waals surface area contributed by atoms with Gasteiger partial charge in [0.25, 0.3) is 0 Å². The van der Waals surface area contributed by atoms with Crippen molar-refractivity contribution >= 4 is 11.4 Å². The molecular weight excluding hydrogens is 244 g/mol. The van der Waals surface area contributed by atoms with Crippen molar-refractivity contribution in [2.75, 3.05) is 11.5 Å². The van der Waals surface area contributed by atoms with Gasteiger partial charge in [-0.15, -0.1) is 0 Å². The summed E-state index contributed by atoms with van der Waals surface area (Å²) < 4.78 is 0. The zero-order valence-electron chi connectivity index (χ0n) is 11.8. The zero-order valence-corrected chi connectivity index (χ0v) is 11.8. The summed E-state index contributed by atoms with van der Waals surface area (Å²) in [6.07, 6.45) is 5.34. The predicted octanol–water partition coefficient (Wildman–Crippen LogP) is 4.17. The molecule has 104 valence electrons. The molecule has 1 aliphatic rings. The Labute approximate surface area is 120 Å². The van der Waals surface area contributed by atoms with Crippen LogP contribution in [0.1, 0.15) is 42.7 Å². The summed E-state index contributed by atoms with van der Waals surface area (Å²) >= 11 is 0. The fraction of sp³-hybridized carbons (Fsp3) is 0.333. The third-order valence-electron chi connectivity index (χ3n) is 4.46. The predicted molar refractivity (Wildman–Crippen MR) is 85.5 cm³/mol. The highest BCUT2D eigenvalue weighted by Crippen LogP contribution is 2.41. The molecule has 0 atom stereocenters. The second kappa shape index (κ2) is 5.58. The quantitative estimate of drug-likeness (QED) is 0.819. The first-order valence-electron chi connectivity index (χ1n) is 7.45. The lowest BCUT2D eigenvalue weighted by Gasteiger charge is -2.25. The molecule has 0 unspecified atom stereocenters. The number of nitrogens with two attached hydrogens (primary N) is 2. The summed E-state index contributed by atoms with van der Waals surface area (Å²) in [6, 6.07) is 16.7. The van der Waals surface area contributed by atoms with Gasteiger partial charge >= 0.3 is 0 Å². The minimum Gasteiger partial charge on any atom is -0.399 e. The molecule has 0 saturated heterocycles. The summed E-state index contributed by atoms with van der Waals surface area (Å²) in [5.41, 5.74) is 16.0. The molecule has 0 amide bonds. The largest absolute Gasteiger partial charge is 0.399 e. The van der Waals surface area contributed by atoms with E-state index in [-0.39, 0.29) is 0 Å². The van der Waals surface area contributed by atoms with E-state index in [4.69, 9.17) is 11.5 Å². The van der Waals surface area contributed by atoms with E-state index in [9.17, 15) is 0 Å². The fourth-order valence-electron chi connectivity index (χ4n) is 3.43. The molecule has 0 aromatic heterocycles. The van der Waals surface area contributed by atoms with E-state index in [1.165, 1.54) is 36.8 Å². The van der Waals surface area contributed by atoms with Gasteiger partial charge in [0, 0.05) is 17.3 Å². The first kappa shape index (κ1) is 13.0. The van der Waals surface area contributed by atoms with Crippen molar-refractivity contribution in [1.82, 2.24) is 0 Å². The van der Waals surface area contributed by atoms with Crippen LogP contribution in [-0.2, 0) is 0 Å². The van der Waals surface area contributed by atoms with E-state index in [0.29, 0.717) is 5.92 Å². The number of anilines is 2. The Kier molecular flexibility index (Phi) is 3.64. The summed E-state index contributed by atoms with van der Waals surface area (Å²) in [6.45, 7) is 0. The van der Waals surface area contributed by atoms with Crippen LogP contribution in [0.4, 0.5) is 11.4 Å². The first-order chi connectivity index (χ1) is 9.74. The van der Waals surface area contributed by atoms with Gasteiger partial charge in [-0.2, -0.15) is 0 Å². The molecule has 0 bridgehead atoms. The Bertz CT molecular complexity index is 505. The topological polar surface area (TPSA) is 52.0 Å². The number of hydrogen-bond acceptors (Lipinski definition) is 2. The smallest absolute Gasteiger partial charge is 0.0314 e. The molecule has 1 saturated carbocycles. The maximum atomic E-state index is 5.82. The molecule has 0 spiro atoms. The van der Waals surface area contributed by atoms with Crippen molar-refractivity contribution in [1.29, 1.82) is 0 Å². The monoisotopic (exact) mass is 266 g/mol. The Morgan fingerprint density at radius 2 is 1.10 bits per heavy atom. The average molecular weight is 266 g/mol. The second-order valence-electron chi connectivity index (χ2n) is 5.86. The molecule has 2 aromatic carbocycles. The normalized spacial score (nSPS) is 15.8. The van der Waals surface area contributed by atoms with Crippen LogP contribution in [0.25, 0.3) is 0 Å². The molecule has 0 aliphatic heterocycles. The van der Waals surface area contributed by atoms with E-state index < -0.39 is 0 Å². The third-order valence-corrected chi connectivity index (χ3v) is 4.46. The number of benzene rings is 2. The van der Waals surface area contributed by atoms with Crippen LogP contribution in [0.2, 0.25) is 0 Å². The van der Waals surface area contributed by atoms with Crippen LogP contribution < -0.4 is 11.5 Å². The lowest BCUT2D eigenvalue weighted by Crippen LogP contribution is -2.11. The summed E-state index contributed by atoms with van der Waals surface area (Å²) in [7, 11) is 0. The van der Waals surface area contributed by atoms with Crippen molar-refractivity contribution in [3.63, 3.8) is 0 Å². The van der Waals surface area contributed by atoms with Gasteiger partial charge in [-0.05, 0) is 54.2 Å². The van der Waals surface area contributed by atoms with Crippen LogP contribution in [0.5, 0.6) is 0 Å². The molecule has 2 nitrogen and oxygen atoms in total. The number of hydrogen-bond donors (Lipinski definition) is 2. The van der Waals surface area contributed by atoms with Crippen LogP contribution in [0, 0.1) is 5.92 Å². The van der Waals surface area contributed by atoms with Gasteiger partial charge in [-0.1, -0.05) is 37.1 Å². The molecule has 0 radical (unpaired) electrons. The van der Waals surface area contributed by atoms with Crippen LogP contribution in [0.3, 0.4) is 0 Å². The average Bonchev–Trinajstić information content (AvgIpc) is 2.97. The summed E-state index contributed by atoms with van der Waals surface area (Å²) in [5.74, 6) is 1.21. The zero-order chi connectivity index (χ0) is 13.9. The fourth-order valence-corrected chi connectivity index (χ4v) is 3.43. The second-order valence-corrected chi connectivity index (χ2v) is 5.86. The lowest BCUT2D eigenvalue weighted by atomic mass is 9.80. The molecule has 2 heteroatoms. The van der Waals surface area contributed by atoms with Gasteiger partial charge in [0.15, 0.2) is 0 Å². The minimum atomic E-state index is 0.471. The van der Waals surface area contributed by atoms with Crippen molar-refractivity contribution < 1.29 is 0 Å². The van der Waals surface area contributed by atoms with Crippen molar-refractivity contribution in [2.24, 2.45) is 5.92 Å². The standard InChI is InChI=1S/C18H22N2/c19-16-9-5-14(6-10-16)18(13-3-1-2-4-13)15-7-11-17(20)12-8-15/h5-13,18H,1-4,19-20H2. The van der Waals surface area contributed by atoms with E-state index in [2.05, 4.69) is 24.3 Å². The van der Waals surface area contributed by atoms with Crippen LogP contribution in [-0.4, -0.2) is 0 Å². The van der Waals surface area contributed by atoms with Gasteiger partial charge in [0.2, 0.25) is 0 Å². The molecule has 4 N–H and O–H groups in total. The maximum absolute atomic E-state index is 5.82. The molecule has 0 heterocycles. The van der Waals surface area contributed by atoms with Crippen LogP contribution in [0.15, 0.2) is 48.5 Å². The Hall–Kier alpha value is -1.96. The van der Waals surface area contributed by atoms with E-state index in [0.717, 1.165) is 17.3 Å². The summed E-state index contributed by atoms with van der Waals surface area (Å²) in [5, 5.41) is 0. The SMILES string of the molecule is Nc1ccc(C(c2ccc(N)cc2)C2CCCC2)cc1. The Morgan fingerprint density at radius 3 is 1.50 bits per heavy atom. The van der Waals surface area contributed by atoms with Gasteiger partial charge < -0.3 is 11.5 Å². The highest BCUT2D eigenvalue weighted by molar-refractivity contribution is 5.46. The lowest BCUT2D eigenvalue weighted by molar-refractivity contribution is 0.483. The molecule has 1 aliphatic carbocycles. The van der Waals surface area contributed by atoms with Crippen molar-refractivity contribution in [3.05, 3.63) is 59.7 Å². The molecule has 3 rings (SSSR count). The van der Waals surface area contributed by atoms with E-state index in [1.54, 1.807) is 0 Å². The highest BCUT2D eigenvalue weighted by atomic mass is 14.5. The number of nitrogen functional groups attached to an aromatic ring is 2. The Balaban J connectivity index is 1.98. The van der Waals surface area contributed by atoms with Crippen molar-refractivity contribution in [3.8, 4) is 0 Å². The van der Waals surface area contributed by atoms with Gasteiger partial charge in [0.1, 0.15) is 0 Å². The van der Waals surface area contributed by atoms with E-state index >= 15 is 0 Å². The van der Waals surface area contributed by atoms with Gasteiger partial charge in [0.05, 0.1) is 0 Å². The molecule has 2 aromatic rings. The van der Waals surface area contributed by atoms with Gasteiger partial charge in [-0.25, -0.2) is 0 Å². The first-order valence-corrected chi connectivity index (χ1v) is 7.45. The molecular formula is C18H22N2. The van der Waals surface area contributed by atoms with Crippen LogP contribution >= 0.6 is 0 Å². The number of rotatable bonds is 3.